The summed E-state index contributed by atoms with van der Waals surface area (Å²) in [4.78, 5) is 25.2. The number of hydrogen-bond donors (Lipinski definition) is 1. The molecule has 1 amide bonds. The summed E-state index contributed by atoms with van der Waals surface area (Å²) in [6.07, 6.45) is -3.88. The number of nitrogens with zero attached hydrogens (tertiary/aromatic N) is 3. The Kier molecular flexibility index (Phi) is 5.14. The molecule has 2 atom stereocenters. The van der Waals surface area contributed by atoms with Crippen molar-refractivity contribution in [1.29, 1.82) is 0 Å². The standard InChI is InChI=1S/C18H17F4N3O3/c1-10-9-24(7-6-13(10)17(27)28)16(26)14-8-23-25(15(14)18(20,21)22)12-4-2-11(19)3-5-12/h2-5,8,10,13H,6-7,9H2,1H3,(H,27,28). The number of likely N-dealkylation sites (tertiary alicyclic amines) is 1. The van der Waals surface area contributed by atoms with Gasteiger partial charge in [0.05, 0.1) is 23.4 Å². The van der Waals surface area contributed by atoms with Gasteiger partial charge in [0.25, 0.3) is 5.91 Å². The number of amides is 1. The maximum absolute atomic E-state index is 13.7. The highest BCUT2D eigenvalue weighted by Gasteiger charge is 2.42. The van der Waals surface area contributed by atoms with Gasteiger partial charge >= 0.3 is 12.1 Å². The van der Waals surface area contributed by atoms with Gasteiger partial charge in [-0.2, -0.15) is 18.3 Å². The van der Waals surface area contributed by atoms with Crippen molar-refractivity contribution in [3.8, 4) is 5.69 Å². The zero-order valence-corrected chi connectivity index (χ0v) is 14.8. The van der Waals surface area contributed by atoms with Gasteiger partial charge in [-0.15, -0.1) is 0 Å². The number of rotatable bonds is 3. The Morgan fingerprint density at radius 2 is 1.86 bits per heavy atom. The Hall–Kier alpha value is -2.91. The number of aliphatic carboxylic acids is 1. The van der Waals surface area contributed by atoms with E-state index in [-0.39, 0.29) is 25.2 Å². The minimum absolute atomic E-state index is 0.0364. The third kappa shape index (κ3) is 3.71. The lowest BCUT2D eigenvalue weighted by atomic mass is 9.87. The number of alkyl halides is 3. The van der Waals surface area contributed by atoms with E-state index < -0.39 is 47.0 Å². The second-order valence-electron chi connectivity index (χ2n) is 6.75. The number of carboxylic acid groups (broad SMARTS) is 1. The molecular formula is C18H17F4N3O3. The van der Waals surface area contributed by atoms with Crippen molar-refractivity contribution in [1.82, 2.24) is 14.7 Å². The average molecular weight is 399 g/mol. The number of hydrogen-bond acceptors (Lipinski definition) is 3. The van der Waals surface area contributed by atoms with Gasteiger partial charge in [0.15, 0.2) is 5.69 Å². The molecule has 1 aromatic carbocycles. The normalized spacial score (nSPS) is 20.2. The number of benzene rings is 1. The number of piperidine rings is 1. The molecule has 1 aromatic heterocycles. The van der Waals surface area contributed by atoms with E-state index in [0.717, 1.165) is 30.5 Å². The van der Waals surface area contributed by atoms with Crippen LogP contribution in [-0.4, -0.2) is 44.8 Å². The zero-order valence-electron chi connectivity index (χ0n) is 14.8. The van der Waals surface area contributed by atoms with Crippen molar-refractivity contribution in [2.45, 2.75) is 19.5 Å². The third-order valence-electron chi connectivity index (χ3n) is 4.85. The number of aromatic nitrogens is 2. The number of carbonyl (C=O) groups excluding carboxylic acids is 1. The van der Waals surface area contributed by atoms with Crippen LogP contribution in [-0.2, 0) is 11.0 Å². The monoisotopic (exact) mass is 399 g/mol. The predicted molar refractivity (Wildman–Crippen MR) is 89.3 cm³/mol. The highest BCUT2D eigenvalue weighted by molar-refractivity contribution is 5.95. The van der Waals surface area contributed by atoms with E-state index in [1.165, 1.54) is 4.90 Å². The summed E-state index contributed by atoms with van der Waals surface area (Å²) in [5, 5.41) is 12.9. The van der Waals surface area contributed by atoms with Crippen LogP contribution in [0.4, 0.5) is 17.6 Å². The molecule has 0 radical (unpaired) electrons. The van der Waals surface area contributed by atoms with Crippen molar-refractivity contribution < 1.29 is 32.3 Å². The highest BCUT2D eigenvalue weighted by atomic mass is 19.4. The second kappa shape index (κ2) is 7.25. The number of carbonyl (C=O) groups is 2. The number of halogens is 4. The Bertz CT molecular complexity index is 892. The summed E-state index contributed by atoms with van der Waals surface area (Å²) in [6, 6.07) is 4.26. The first kappa shape index (κ1) is 19.8. The molecule has 1 N–H and O–H groups in total. The third-order valence-corrected chi connectivity index (χ3v) is 4.85. The Morgan fingerprint density at radius 1 is 1.21 bits per heavy atom. The summed E-state index contributed by atoms with van der Waals surface area (Å²) in [5.74, 6) is -3.50. The van der Waals surface area contributed by atoms with Crippen LogP contribution in [0, 0.1) is 17.7 Å². The van der Waals surface area contributed by atoms with Crippen molar-refractivity contribution >= 4 is 11.9 Å². The molecule has 0 bridgehead atoms. The van der Waals surface area contributed by atoms with Gasteiger partial charge in [0, 0.05) is 13.1 Å². The SMILES string of the molecule is CC1CN(C(=O)c2cnn(-c3ccc(F)cc3)c2C(F)(F)F)CCC1C(=O)O. The van der Waals surface area contributed by atoms with Gasteiger partial charge in [0.1, 0.15) is 5.82 Å². The first-order valence-corrected chi connectivity index (χ1v) is 8.53. The first-order valence-electron chi connectivity index (χ1n) is 8.53. The van der Waals surface area contributed by atoms with Crippen LogP contribution in [0.3, 0.4) is 0 Å². The van der Waals surface area contributed by atoms with Gasteiger partial charge in [-0.1, -0.05) is 6.92 Å². The fraction of sp³-hybridized carbons (Fsp3) is 0.389. The molecule has 0 aliphatic carbocycles. The van der Waals surface area contributed by atoms with E-state index in [4.69, 9.17) is 5.11 Å². The maximum atomic E-state index is 13.7. The maximum Gasteiger partial charge on any atom is 0.434 e. The van der Waals surface area contributed by atoms with E-state index in [9.17, 15) is 27.2 Å². The van der Waals surface area contributed by atoms with Crippen LogP contribution < -0.4 is 0 Å². The molecule has 1 aliphatic heterocycles. The van der Waals surface area contributed by atoms with Crippen LogP contribution in [0.25, 0.3) is 5.69 Å². The Labute approximate surface area is 157 Å². The molecule has 2 heterocycles. The highest BCUT2D eigenvalue weighted by Crippen LogP contribution is 2.35. The molecule has 1 fully saturated rings. The lowest BCUT2D eigenvalue weighted by Gasteiger charge is -2.35. The van der Waals surface area contributed by atoms with Crippen LogP contribution >= 0.6 is 0 Å². The topological polar surface area (TPSA) is 75.4 Å². The van der Waals surface area contributed by atoms with E-state index in [1.807, 2.05) is 0 Å². The van der Waals surface area contributed by atoms with Crippen LogP contribution in [0.15, 0.2) is 30.5 Å². The molecule has 0 saturated carbocycles. The lowest BCUT2D eigenvalue weighted by molar-refractivity contribution is -0.145. The summed E-state index contributed by atoms with van der Waals surface area (Å²) < 4.78 is 54.7. The van der Waals surface area contributed by atoms with Crippen molar-refractivity contribution in [2.75, 3.05) is 13.1 Å². The quantitative estimate of drug-likeness (QED) is 0.805. The molecule has 10 heteroatoms. The summed E-state index contributed by atoms with van der Waals surface area (Å²) >= 11 is 0. The molecule has 3 rings (SSSR count). The zero-order chi connectivity index (χ0) is 20.6. The van der Waals surface area contributed by atoms with Crippen LogP contribution in [0.1, 0.15) is 29.4 Å². The summed E-state index contributed by atoms with van der Waals surface area (Å²) in [6.45, 7) is 1.72. The largest absolute Gasteiger partial charge is 0.481 e. The molecule has 1 aliphatic rings. The molecule has 28 heavy (non-hydrogen) atoms. The Morgan fingerprint density at radius 3 is 2.39 bits per heavy atom. The molecule has 0 spiro atoms. The Balaban J connectivity index is 1.95. The van der Waals surface area contributed by atoms with Gasteiger partial charge in [-0.25, -0.2) is 9.07 Å². The summed E-state index contributed by atoms with van der Waals surface area (Å²) in [7, 11) is 0. The van der Waals surface area contributed by atoms with Crippen molar-refractivity contribution in [3.05, 3.63) is 47.5 Å². The number of carboxylic acids is 1. The first-order chi connectivity index (χ1) is 13.1. The van der Waals surface area contributed by atoms with Crippen molar-refractivity contribution in [2.24, 2.45) is 11.8 Å². The van der Waals surface area contributed by atoms with Gasteiger partial charge in [0.2, 0.25) is 0 Å². The molecule has 2 unspecified atom stereocenters. The predicted octanol–water partition coefficient (Wildman–Crippen LogP) is 3.21. The second-order valence-corrected chi connectivity index (χ2v) is 6.75. The fourth-order valence-corrected chi connectivity index (χ4v) is 3.42. The van der Waals surface area contributed by atoms with Gasteiger partial charge < -0.3 is 10.0 Å². The van der Waals surface area contributed by atoms with E-state index in [0.29, 0.717) is 4.68 Å². The van der Waals surface area contributed by atoms with Gasteiger partial charge in [-0.3, -0.25) is 9.59 Å². The molecule has 6 nitrogen and oxygen atoms in total. The molecule has 2 aromatic rings. The smallest absolute Gasteiger partial charge is 0.434 e. The minimum atomic E-state index is -4.87. The lowest BCUT2D eigenvalue weighted by Crippen LogP contribution is -2.45. The summed E-state index contributed by atoms with van der Waals surface area (Å²) in [5.41, 5.74) is -1.92. The average Bonchev–Trinajstić information content (AvgIpc) is 3.06. The van der Waals surface area contributed by atoms with E-state index in [1.54, 1.807) is 6.92 Å². The van der Waals surface area contributed by atoms with Gasteiger partial charge in [-0.05, 0) is 36.6 Å². The van der Waals surface area contributed by atoms with Crippen LogP contribution in [0.2, 0.25) is 0 Å². The molecular weight excluding hydrogens is 382 g/mol. The van der Waals surface area contributed by atoms with E-state index >= 15 is 0 Å². The molecule has 1 saturated heterocycles. The molecule has 150 valence electrons. The van der Waals surface area contributed by atoms with E-state index in [2.05, 4.69) is 5.10 Å². The minimum Gasteiger partial charge on any atom is -0.481 e. The fourth-order valence-electron chi connectivity index (χ4n) is 3.42. The van der Waals surface area contributed by atoms with Crippen molar-refractivity contribution in [3.63, 3.8) is 0 Å². The van der Waals surface area contributed by atoms with Crippen LogP contribution in [0.5, 0.6) is 0 Å².